The molecular formula is C10H10ClFO. The van der Waals surface area contributed by atoms with Crippen molar-refractivity contribution in [2.24, 2.45) is 0 Å². The van der Waals surface area contributed by atoms with E-state index in [0.29, 0.717) is 5.92 Å². The molecule has 0 unspecified atom stereocenters. The van der Waals surface area contributed by atoms with Crippen LogP contribution in [0.5, 0.6) is 0 Å². The second kappa shape index (κ2) is 3.28. The standard InChI is InChI=1S/C10H10ClFO/c11-9-2-1-6(5-10(9)12)7-3-8(13)4-7/h1-2,5,7-8,13H,3-4H2. The van der Waals surface area contributed by atoms with Crippen LogP contribution in [0, 0.1) is 5.82 Å². The first-order valence-corrected chi connectivity index (χ1v) is 4.67. The van der Waals surface area contributed by atoms with Crippen LogP contribution in [0.4, 0.5) is 4.39 Å². The number of halogens is 2. The summed E-state index contributed by atoms with van der Waals surface area (Å²) in [5.74, 6) is -0.0673. The second-order valence-corrected chi connectivity index (χ2v) is 3.90. The fraction of sp³-hybridized carbons (Fsp3) is 0.400. The summed E-state index contributed by atoms with van der Waals surface area (Å²) in [5, 5.41) is 9.24. The van der Waals surface area contributed by atoms with Crippen molar-refractivity contribution in [1.29, 1.82) is 0 Å². The lowest BCUT2D eigenvalue weighted by Crippen LogP contribution is -2.26. The van der Waals surface area contributed by atoms with Crippen molar-refractivity contribution in [3.05, 3.63) is 34.6 Å². The highest BCUT2D eigenvalue weighted by Crippen LogP contribution is 2.37. The van der Waals surface area contributed by atoms with Gasteiger partial charge in [-0.1, -0.05) is 17.7 Å². The van der Waals surface area contributed by atoms with E-state index >= 15 is 0 Å². The number of aliphatic hydroxyl groups is 1. The number of aliphatic hydroxyl groups excluding tert-OH is 1. The van der Waals surface area contributed by atoms with Crippen molar-refractivity contribution in [2.45, 2.75) is 24.9 Å². The summed E-state index contributed by atoms with van der Waals surface area (Å²) in [6.45, 7) is 0. The van der Waals surface area contributed by atoms with Crippen LogP contribution in [0.3, 0.4) is 0 Å². The third-order valence-electron chi connectivity index (χ3n) is 2.53. The van der Waals surface area contributed by atoms with E-state index in [1.165, 1.54) is 6.07 Å². The van der Waals surface area contributed by atoms with Crippen LogP contribution in [0.15, 0.2) is 18.2 Å². The van der Waals surface area contributed by atoms with E-state index in [4.69, 9.17) is 16.7 Å². The van der Waals surface area contributed by atoms with Crippen LogP contribution in [-0.4, -0.2) is 11.2 Å². The first-order valence-electron chi connectivity index (χ1n) is 4.30. The molecule has 0 radical (unpaired) electrons. The maximum absolute atomic E-state index is 13.0. The van der Waals surface area contributed by atoms with Crippen molar-refractivity contribution in [3.8, 4) is 0 Å². The molecule has 2 rings (SSSR count). The van der Waals surface area contributed by atoms with E-state index in [2.05, 4.69) is 0 Å². The highest BCUT2D eigenvalue weighted by atomic mass is 35.5. The minimum atomic E-state index is -0.374. The largest absolute Gasteiger partial charge is 0.393 e. The van der Waals surface area contributed by atoms with Gasteiger partial charge < -0.3 is 5.11 Å². The van der Waals surface area contributed by atoms with E-state index < -0.39 is 0 Å². The third-order valence-corrected chi connectivity index (χ3v) is 2.83. The molecule has 0 atom stereocenters. The smallest absolute Gasteiger partial charge is 0.142 e. The molecule has 0 bridgehead atoms. The van der Waals surface area contributed by atoms with Crippen LogP contribution in [0.1, 0.15) is 24.3 Å². The molecule has 3 heteroatoms. The molecule has 0 spiro atoms. The van der Waals surface area contributed by atoms with E-state index in [-0.39, 0.29) is 16.9 Å². The third kappa shape index (κ3) is 1.69. The molecule has 0 heterocycles. The SMILES string of the molecule is OC1CC(c2ccc(Cl)c(F)c2)C1. The predicted octanol–water partition coefficient (Wildman–Crippen LogP) is 2.72. The first-order chi connectivity index (χ1) is 6.16. The lowest BCUT2D eigenvalue weighted by atomic mass is 9.78. The summed E-state index contributed by atoms with van der Waals surface area (Å²) >= 11 is 5.55. The van der Waals surface area contributed by atoms with Crippen molar-refractivity contribution in [1.82, 2.24) is 0 Å². The monoisotopic (exact) mass is 200 g/mol. The van der Waals surface area contributed by atoms with Crippen LogP contribution in [0.2, 0.25) is 5.02 Å². The van der Waals surface area contributed by atoms with Gasteiger partial charge in [-0.25, -0.2) is 4.39 Å². The van der Waals surface area contributed by atoms with Gasteiger partial charge in [-0.3, -0.25) is 0 Å². The van der Waals surface area contributed by atoms with Gasteiger partial charge in [0.25, 0.3) is 0 Å². The molecule has 0 amide bonds. The molecule has 1 fully saturated rings. The van der Waals surface area contributed by atoms with Gasteiger partial charge in [0.2, 0.25) is 0 Å². The van der Waals surface area contributed by atoms with Crippen LogP contribution >= 0.6 is 11.6 Å². The van der Waals surface area contributed by atoms with E-state index in [1.54, 1.807) is 6.07 Å². The minimum Gasteiger partial charge on any atom is -0.393 e. The zero-order chi connectivity index (χ0) is 9.42. The Morgan fingerprint density at radius 3 is 2.62 bits per heavy atom. The summed E-state index contributed by atoms with van der Waals surface area (Å²) in [7, 11) is 0. The second-order valence-electron chi connectivity index (χ2n) is 3.50. The summed E-state index contributed by atoms with van der Waals surface area (Å²) in [4.78, 5) is 0. The van der Waals surface area contributed by atoms with E-state index in [9.17, 15) is 4.39 Å². The van der Waals surface area contributed by atoms with Crippen molar-refractivity contribution < 1.29 is 9.50 Å². The Balaban J connectivity index is 2.18. The molecule has 1 aromatic carbocycles. The van der Waals surface area contributed by atoms with Gasteiger partial charge in [0.15, 0.2) is 0 Å². The Kier molecular flexibility index (Phi) is 2.26. The summed E-state index contributed by atoms with van der Waals surface area (Å²) < 4.78 is 13.0. The molecule has 70 valence electrons. The fourth-order valence-electron chi connectivity index (χ4n) is 1.63. The molecule has 0 aromatic heterocycles. The molecule has 1 saturated carbocycles. The summed E-state index contributed by atoms with van der Waals surface area (Å²) in [6, 6.07) is 4.85. The molecule has 13 heavy (non-hydrogen) atoms. The first kappa shape index (κ1) is 8.97. The zero-order valence-corrected chi connectivity index (χ0v) is 7.76. The lowest BCUT2D eigenvalue weighted by molar-refractivity contribution is 0.0745. The molecule has 1 aromatic rings. The number of benzene rings is 1. The highest BCUT2D eigenvalue weighted by Gasteiger charge is 2.28. The Labute approximate surface area is 81.1 Å². The number of rotatable bonds is 1. The maximum atomic E-state index is 13.0. The molecular weight excluding hydrogens is 191 g/mol. The van der Waals surface area contributed by atoms with Gasteiger partial charge in [0, 0.05) is 0 Å². The molecule has 1 nitrogen and oxygen atoms in total. The molecule has 0 aliphatic heterocycles. The fourth-order valence-corrected chi connectivity index (χ4v) is 1.74. The van der Waals surface area contributed by atoms with E-state index in [1.807, 2.05) is 6.07 Å². The van der Waals surface area contributed by atoms with Crippen molar-refractivity contribution in [2.75, 3.05) is 0 Å². The average Bonchev–Trinajstić information content (AvgIpc) is 2.05. The summed E-state index contributed by atoms with van der Waals surface area (Å²) in [6.07, 6.45) is 1.27. The molecule has 1 aliphatic carbocycles. The maximum Gasteiger partial charge on any atom is 0.142 e. The molecule has 1 aliphatic rings. The Hall–Kier alpha value is -0.600. The zero-order valence-electron chi connectivity index (χ0n) is 7.00. The Morgan fingerprint density at radius 1 is 1.38 bits per heavy atom. The van der Waals surface area contributed by atoms with Crippen molar-refractivity contribution >= 4 is 11.6 Å². The number of hydrogen-bond donors (Lipinski definition) is 1. The van der Waals surface area contributed by atoms with Crippen LogP contribution in [0.25, 0.3) is 0 Å². The van der Waals surface area contributed by atoms with Gasteiger partial charge in [-0.15, -0.1) is 0 Å². The highest BCUT2D eigenvalue weighted by molar-refractivity contribution is 6.30. The van der Waals surface area contributed by atoms with Crippen LogP contribution in [-0.2, 0) is 0 Å². The summed E-state index contributed by atoms with van der Waals surface area (Å²) in [5.41, 5.74) is 0.937. The van der Waals surface area contributed by atoms with E-state index in [0.717, 1.165) is 18.4 Å². The minimum absolute atomic E-state index is 0.156. The Bertz CT molecular complexity index is 321. The predicted molar refractivity (Wildman–Crippen MR) is 49.4 cm³/mol. The van der Waals surface area contributed by atoms with Gasteiger partial charge in [-0.2, -0.15) is 0 Å². The Morgan fingerprint density at radius 2 is 2.08 bits per heavy atom. The normalized spacial score (nSPS) is 27.0. The number of hydrogen-bond acceptors (Lipinski definition) is 1. The van der Waals surface area contributed by atoms with Gasteiger partial charge in [0.1, 0.15) is 5.82 Å². The van der Waals surface area contributed by atoms with Gasteiger partial charge in [-0.05, 0) is 36.5 Å². The van der Waals surface area contributed by atoms with Gasteiger partial charge >= 0.3 is 0 Å². The molecule has 1 N–H and O–H groups in total. The van der Waals surface area contributed by atoms with Crippen LogP contribution < -0.4 is 0 Å². The lowest BCUT2D eigenvalue weighted by Gasteiger charge is -2.31. The molecule has 0 saturated heterocycles. The quantitative estimate of drug-likeness (QED) is 0.739. The average molecular weight is 201 g/mol. The van der Waals surface area contributed by atoms with Gasteiger partial charge in [0.05, 0.1) is 11.1 Å². The van der Waals surface area contributed by atoms with Crippen molar-refractivity contribution in [3.63, 3.8) is 0 Å². The topological polar surface area (TPSA) is 20.2 Å².